The minimum Gasteiger partial charge on any atom is -0.246 e. The quantitative estimate of drug-likeness (QED) is 0.123. The first-order valence-electron chi connectivity index (χ1n) is 14.3. The lowest BCUT2D eigenvalue weighted by molar-refractivity contribution is 1.03. The number of pyridine rings is 1. The van der Waals surface area contributed by atoms with Crippen LogP contribution in [0.1, 0.15) is 12.8 Å². The van der Waals surface area contributed by atoms with Crippen molar-refractivity contribution in [3.05, 3.63) is 151 Å². The van der Waals surface area contributed by atoms with Crippen LogP contribution in [-0.4, -0.2) is 4.98 Å². The Morgan fingerprint density at radius 2 is 1.15 bits per heavy atom. The molecular formula is C39H28NP. The molecule has 0 saturated heterocycles. The van der Waals surface area contributed by atoms with Crippen LogP contribution in [0.25, 0.3) is 54.5 Å². The van der Waals surface area contributed by atoms with Gasteiger partial charge in [0.15, 0.2) is 0 Å². The summed E-state index contributed by atoms with van der Waals surface area (Å²) in [6, 6.07) is 46.6. The van der Waals surface area contributed by atoms with Crippen LogP contribution in [0.2, 0.25) is 0 Å². The molecule has 1 aromatic heterocycles. The Kier molecular flexibility index (Phi) is 5.98. The molecule has 1 nitrogen and oxygen atoms in total. The Bertz CT molecular complexity index is 2060. The Balaban J connectivity index is 1.44. The van der Waals surface area contributed by atoms with Crippen LogP contribution in [0.3, 0.4) is 0 Å². The van der Waals surface area contributed by atoms with Crippen LogP contribution in [0.15, 0.2) is 151 Å². The largest absolute Gasteiger partial charge is 0.246 e. The zero-order valence-electron chi connectivity index (χ0n) is 22.7. The molecule has 7 aromatic rings. The Morgan fingerprint density at radius 1 is 0.512 bits per heavy atom. The highest BCUT2D eigenvalue weighted by Crippen LogP contribution is 2.46. The van der Waals surface area contributed by atoms with Crippen molar-refractivity contribution < 1.29 is 0 Å². The molecule has 2 heteroatoms. The third kappa shape index (κ3) is 4.17. The molecule has 8 rings (SSSR count). The summed E-state index contributed by atoms with van der Waals surface area (Å²) < 4.78 is 0. The molecular weight excluding hydrogens is 513 g/mol. The monoisotopic (exact) mass is 541 g/mol. The lowest BCUT2D eigenvalue weighted by Gasteiger charge is -2.23. The van der Waals surface area contributed by atoms with Crippen LogP contribution in [0.5, 0.6) is 0 Å². The number of hydrogen-bond acceptors (Lipinski definition) is 1. The molecule has 0 amide bonds. The second kappa shape index (κ2) is 10.1. The van der Waals surface area contributed by atoms with Gasteiger partial charge in [0.25, 0.3) is 0 Å². The van der Waals surface area contributed by atoms with Gasteiger partial charge in [0.1, 0.15) is 0 Å². The molecule has 41 heavy (non-hydrogen) atoms. The van der Waals surface area contributed by atoms with Gasteiger partial charge in [0.05, 0.1) is 11.0 Å². The zero-order chi connectivity index (χ0) is 27.2. The SMILES string of the molecule is C1=CC(P(c2ccccc2)c2cccc(-c3c4ccc5ccccc5c4nc4c3ccc3ccccc34)c2)=CCC1. The first kappa shape index (κ1) is 24.2. The number of nitrogens with zero attached hydrogens (tertiary/aromatic N) is 1. The summed E-state index contributed by atoms with van der Waals surface area (Å²) in [6.45, 7) is 0. The van der Waals surface area contributed by atoms with Crippen molar-refractivity contribution in [3.8, 4) is 11.1 Å². The Hall–Kier alpha value is -4.58. The average molecular weight is 542 g/mol. The minimum absolute atomic E-state index is 0.660. The summed E-state index contributed by atoms with van der Waals surface area (Å²) in [5.74, 6) is 0. The first-order chi connectivity index (χ1) is 20.3. The van der Waals surface area contributed by atoms with Gasteiger partial charge >= 0.3 is 0 Å². The highest BCUT2D eigenvalue weighted by Gasteiger charge is 2.20. The Labute approximate surface area is 241 Å². The third-order valence-electron chi connectivity index (χ3n) is 8.20. The van der Waals surface area contributed by atoms with Crippen LogP contribution in [0.4, 0.5) is 0 Å². The second-order valence-corrected chi connectivity index (χ2v) is 12.9. The van der Waals surface area contributed by atoms with E-state index in [1.54, 1.807) is 0 Å². The minimum atomic E-state index is -0.660. The van der Waals surface area contributed by atoms with E-state index in [2.05, 4.69) is 146 Å². The smallest absolute Gasteiger partial charge is 0.0794 e. The summed E-state index contributed by atoms with van der Waals surface area (Å²) in [7, 11) is -0.660. The first-order valence-corrected chi connectivity index (χ1v) is 15.6. The van der Waals surface area contributed by atoms with E-state index in [1.807, 2.05) is 0 Å². The molecule has 6 aromatic carbocycles. The zero-order valence-corrected chi connectivity index (χ0v) is 23.6. The molecule has 1 aliphatic rings. The molecule has 1 atom stereocenters. The topological polar surface area (TPSA) is 12.9 Å². The van der Waals surface area contributed by atoms with Gasteiger partial charge in [-0.15, -0.1) is 0 Å². The molecule has 0 aliphatic heterocycles. The maximum Gasteiger partial charge on any atom is 0.0794 e. The summed E-state index contributed by atoms with van der Waals surface area (Å²) >= 11 is 0. The Morgan fingerprint density at radius 3 is 1.80 bits per heavy atom. The predicted molar refractivity (Wildman–Crippen MR) is 179 cm³/mol. The van der Waals surface area contributed by atoms with E-state index in [-0.39, 0.29) is 0 Å². The summed E-state index contributed by atoms with van der Waals surface area (Å²) in [5, 5.41) is 11.4. The molecule has 1 aliphatic carbocycles. The molecule has 0 bridgehead atoms. The van der Waals surface area contributed by atoms with E-state index in [4.69, 9.17) is 4.98 Å². The summed E-state index contributed by atoms with van der Waals surface area (Å²) in [5.41, 5.74) is 4.64. The number of benzene rings is 6. The number of hydrogen-bond donors (Lipinski definition) is 0. The predicted octanol–water partition coefficient (Wildman–Crippen LogP) is 10.0. The van der Waals surface area contributed by atoms with Crippen LogP contribution < -0.4 is 10.6 Å². The van der Waals surface area contributed by atoms with Gasteiger partial charge in [-0.3, -0.25) is 0 Å². The van der Waals surface area contributed by atoms with E-state index in [1.165, 1.54) is 59.4 Å². The van der Waals surface area contributed by atoms with Gasteiger partial charge < -0.3 is 0 Å². The fraction of sp³-hybridized carbons (Fsp3) is 0.0513. The van der Waals surface area contributed by atoms with Crippen molar-refractivity contribution in [2.45, 2.75) is 12.8 Å². The van der Waals surface area contributed by atoms with Gasteiger partial charge in [-0.05, 0) is 59.1 Å². The van der Waals surface area contributed by atoms with Gasteiger partial charge in [0, 0.05) is 27.1 Å². The van der Waals surface area contributed by atoms with E-state index >= 15 is 0 Å². The molecule has 0 radical (unpaired) electrons. The maximum absolute atomic E-state index is 5.38. The number of aromatic nitrogens is 1. The van der Waals surface area contributed by atoms with E-state index in [9.17, 15) is 0 Å². The number of rotatable bonds is 4. The van der Waals surface area contributed by atoms with Crippen molar-refractivity contribution in [1.29, 1.82) is 0 Å². The van der Waals surface area contributed by atoms with Crippen LogP contribution >= 0.6 is 7.92 Å². The van der Waals surface area contributed by atoms with Gasteiger partial charge in [-0.25, -0.2) is 4.98 Å². The number of allylic oxidation sites excluding steroid dienone is 4. The molecule has 0 N–H and O–H groups in total. The summed E-state index contributed by atoms with van der Waals surface area (Å²) in [4.78, 5) is 5.38. The van der Waals surface area contributed by atoms with Gasteiger partial charge in [-0.1, -0.05) is 140 Å². The standard InChI is InChI=1S/C39H28NP/c1-3-15-30(16-4-1)41(31-17-5-2-6-18-31)32-19-11-14-29(26-32)37-35-24-22-27-12-7-9-20-33(27)38(35)40-39-34-21-10-8-13-28(34)23-25-36(37)39/h1,3-5,7-26H,2,6H2. The number of fused-ring (bicyclic) bond motifs is 6. The van der Waals surface area contributed by atoms with E-state index in [0.717, 1.165) is 23.9 Å². The summed E-state index contributed by atoms with van der Waals surface area (Å²) in [6.07, 6.45) is 9.36. The molecule has 0 fully saturated rings. The lowest BCUT2D eigenvalue weighted by atomic mass is 9.92. The molecule has 1 heterocycles. The highest BCUT2D eigenvalue weighted by molar-refractivity contribution is 7.77. The van der Waals surface area contributed by atoms with Crippen molar-refractivity contribution >= 4 is 61.9 Å². The van der Waals surface area contributed by atoms with Gasteiger partial charge in [-0.2, -0.15) is 0 Å². The highest BCUT2D eigenvalue weighted by atomic mass is 31.1. The van der Waals surface area contributed by atoms with Crippen molar-refractivity contribution in [1.82, 2.24) is 4.98 Å². The average Bonchev–Trinajstić information content (AvgIpc) is 3.05. The fourth-order valence-electron chi connectivity index (χ4n) is 6.31. The van der Waals surface area contributed by atoms with Crippen molar-refractivity contribution in [3.63, 3.8) is 0 Å². The second-order valence-electron chi connectivity index (χ2n) is 10.7. The van der Waals surface area contributed by atoms with Crippen molar-refractivity contribution in [2.24, 2.45) is 0 Å². The normalized spacial score (nSPS) is 14.1. The molecule has 0 spiro atoms. The third-order valence-corrected chi connectivity index (χ3v) is 10.7. The molecule has 1 unspecified atom stereocenters. The van der Waals surface area contributed by atoms with Gasteiger partial charge in [0.2, 0.25) is 0 Å². The van der Waals surface area contributed by atoms with E-state index in [0.29, 0.717) is 0 Å². The molecule has 194 valence electrons. The van der Waals surface area contributed by atoms with Crippen LogP contribution in [-0.2, 0) is 0 Å². The fourth-order valence-corrected chi connectivity index (χ4v) is 8.75. The van der Waals surface area contributed by atoms with E-state index < -0.39 is 7.92 Å². The van der Waals surface area contributed by atoms with Crippen LogP contribution in [0, 0.1) is 0 Å². The van der Waals surface area contributed by atoms with Crippen molar-refractivity contribution in [2.75, 3.05) is 0 Å². The molecule has 0 saturated carbocycles. The lowest BCUT2D eigenvalue weighted by Crippen LogP contribution is -2.13. The maximum atomic E-state index is 5.38.